The molecule has 6 rings (SSSR count). The minimum Gasteiger partial charge on any atom is -0.467 e. The lowest BCUT2D eigenvalue weighted by atomic mass is 9.98. The van der Waals surface area contributed by atoms with Crippen molar-refractivity contribution in [3.05, 3.63) is 83.9 Å². The highest BCUT2D eigenvalue weighted by Crippen LogP contribution is 2.67. The van der Waals surface area contributed by atoms with Crippen LogP contribution in [0.3, 0.4) is 0 Å². The number of hydrogen-bond acceptors (Lipinski definition) is 5. The maximum absolute atomic E-state index is 14.2. The minimum absolute atomic E-state index is 0.0453. The van der Waals surface area contributed by atoms with E-state index in [1.165, 1.54) is 10.9 Å². The number of ether oxygens (including phenoxy) is 1. The molecule has 1 aliphatic carbocycles. The van der Waals surface area contributed by atoms with Crippen molar-refractivity contribution in [2.75, 3.05) is 36.5 Å². The van der Waals surface area contributed by atoms with Crippen LogP contribution < -0.4 is 10.2 Å². The van der Waals surface area contributed by atoms with Crippen molar-refractivity contribution >= 4 is 34.1 Å². The average Bonchev–Trinajstić information content (AvgIpc) is 3.36. The number of fused-ring (bicyclic) bond motifs is 1. The summed E-state index contributed by atoms with van der Waals surface area (Å²) in [6.45, 7) is 13.6. The highest BCUT2D eigenvalue weighted by molar-refractivity contribution is 6.00. The normalized spacial score (nSPS) is 19.8. The molecule has 0 bridgehead atoms. The van der Waals surface area contributed by atoms with Gasteiger partial charge in [-0.25, -0.2) is 0 Å². The molecule has 226 valence electrons. The molecule has 1 saturated carbocycles. The minimum atomic E-state index is -1.13. The molecule has 0 radical (unpaired) electrons. The van der Waals surface area contributed by atoms with Gasteiger partial charge >= 0.3 is 0 Å². The van der Waals surface area contributed by atoms with Crippen LogP contribution in [-0.2, 0) is 20.9 Å². The summed E-state index contributed by atoms with van der Waals surface area (Å²) in [4.78, 5) is 35.5. The van der Waals surface area contributed by atoms with E-state index in [9.17, 15) is 9.59 Å². The molecule has 2 atom stereocenters. The number of morpholine rings is 1. The fourth-order valence-corrected chi connectivity index (χ4v) is 6.84. The average molecular weight is 583 g/mol. The van der Waals surface area contributed by atoms with Crippen LogP contribution in [-0.4, -0.2) is 53.5 Å². The molecule has 8 nitrogen and oxygen atoms in total. The second kappa shape index (κ2) is 11.2. The lowest BCUT2D eigenvalue weighted by Gasteiger charge is -2.37. The first kappa shape index (κ1) is 29.1. The Bertz CT molecular complexity index is 1600. The Hall–Kier alpha value is -4.04. The SMILES string of the molecule is Cc1[nH]c2ccccc2c1[C@@H]1[C@H](CC(=O)N(Cc2ccco2)C(C)(C)C(=O)Nc2ccc(N3CCOCC3)cc2)C1(C)C. The van der Waals surface area contributed by atoms with Gasteiger partial charge in [0.2, 0.25) is 11.8 Å². The predicted molar refractivity (Wildman–Crippen MR) is 169 cm³/mol. The van der Waals surface area contributed by atoms with E-state index in [0.717, 1.165) is 30.0 Å². The summed E-state index contributed by atoms with van der Waals surface area (Å²) in [6.07, 6.45) is 1.95. The maximum Gasteiger partial charge on any atom is 0.249 e. The molecule has 1 aliphatic heterocycles. The molecule has 1 saturated heterocycles. The maximum atomic E-state index is 14.2. The number of nitrogens with zero attached hydrogens (tertiary/aromatic N) is 2. The molecule has 0 unspecified atom stereocenters. The van der Waals surface area contributed by atoms with Crippen LogP contribution in [0.1, 0.15) is 57.1 Å². The van der Waals surface area contributed by atoms with Gasteiger partial charge in [0.05, 0.1) is 26.0 Å². The Morgan fingerprint density at radius 1 is 1.05 bits per heavy atom. The first-order valence-electron chi connectivity index (χ1n) is 15.2. The van der Waals surface area contributed by atoms with Crippen molar-refractivity contribution in [3.8, 4) is 0 Å². The molecule has 2 aromatic carbocycles. The van der Waals surface area contributed by atoms with Crippen molar-refractivity contribution < 1.29 is 18.7 Å². The Labute approximate surface area is 253 Å². The van der Waals surface area contributed by atoms with Gasteiger partial charge in [-0.15, -0.1) is 0 Å². The first-order valence-corrected chi connectivity index (χ1v) is 15.2. The summed E-state index contributed by atoms with van der Waals surface area (Å²) >= 11 is 0. The number of hydrogen-bond donors (Lipinski definition) is 2. The van der Waals surface area contributed by atoms with Crippen LogP contribution in [0.2, 0.25) is 0 Å². The van der Waals surface area contributed by atoms with Gasteiger partial charge in [0.1, 0.15) is 11.3 Å². The molecule has 2 aliphatic rings. The number of aromatic amines is 1. The summed E-state index contributed by atoms with van der Waals surface area (Å²) in [5.41, 5.74) is 4.20. The van der Waals surface area contributed by atoms with E-state index in [1.807, 2.05) is 50.2 Å². The van der Waals surface area contributed by atoms with Gasteiger partial charge in [-0.05, 0) is 86.1 Å². The molecule has 2 aromatic heterocycles. The molecular weight excluding hydrogens is 540 g/mol. The van der Waals surface area contributed by atoms with Crippen LogP contribution in [0.5, 0.6) is 0 Å². The van der Waals surface area contributed by atoms with E-state index >= 15 is 0 Å². The number of anilines is 2. The van der Waals surface area contributed by atoms with Crippen molar-refractivity contribution in [2.24, 2.45) is 11.3 Å². The van der Waals surface area contributed by atoms with Crippen molar-refractivity contribution in [3.63, 3.8) is 0 Å². The molecule has 8 heteroatoms. The lowest BCUT2D eigenvalue weighted by molar-refractivity contribution is -0.145. The van der Waals surface area contributed by atoms with E-state index in [1.54, 1.807) is 17.2 Å². The molecule has 43 heavy (non-hydrogen) atoms. The summed E-state index contributed by atoms with van der Waals surface area (Å²) in [5, 5.41) is 4.28. The second-order valence-electron chi connectivity index (χ2n) is 13.0. The third-order valence-corrected chi connectivity index (χ3v) is 9.63. The zero-order chi connectivity index (χ0) is 30.4. The van der Waals surface area contributed by atoms with Gasteiger partial charge in [0.25, 0.3) is 0 Å². The number of nitrogens with one attached hydrogen (secondary N) is 2. The van der Waals surface area contributed by atoms with Gasteiger partial charge in [-0.2, -0.15) is 0 Å². The largest absolute Gasteiger partial charge is 0.467 e. The number of amides is 2. The summed E-state index contributed by atoms with van der Waals surface area (Å²) in [6, 6.07) is 19.9. The summed E-state index contributed by atoms with van der Waals surface area (Å²) < 4.78 is 11.1. The van der Waals surface area contributed by atoms with E-state index in [2.05, 4.69) is 54.2 Å². The topological polar surface area (TPSA) is 90.8 Å². The Balaban J connectivity index is 1.20. The van der Waals surface area contributed by atoms with E-state index in [-0.39, 0.29) is 35.6 Å². The highest BCUT2D eigenvalue weighted by atomic mass is 16.5. The molecule has 2 amide bonds. The third kappa shape index (κ3) is 5.56. The van der Waals surface area contributed by atoms with Crippen LogP contribution in [0, 0.1) is 18.3 Å². The number of aryl methyl sites for hydroxylation is 1. The molecule has 0 spiro atoms. The fourth-order valence-electron chi connectivity index (χ4n) is 6.84. The Morgan fingerprint density at radius 3 is 2.47 bits per heavy atom. The number of carbonyl (C=O) groups excluding carboxylic acids is 2. The zero-order valence-corrected chi connectivity index (χ0v) is 25.8. The van der Waals surface area contributed by atoms with Crippen molar-refractivity contribution in [2.45, 2.75) is 59.0 Å². The number of para-hydroxylation sites is 1. The number of rotatable bonds is 9. The Morgan fingerprint density at radius 2 is 1.77 bits per heavy atom. The van der Waals surface area contributed by atoms with Gasteiger partial charge in [-0.1, -0.05) is 32.0 Å². The third-order valence-electron chi connectivity index (χ3n) is 9.63. The number of furan rings is 1. The quantitative estimate of drug-likeness (QED) is 0.236. The van der Waals surface area contributed by atoms with Gasteiger partial charge in [0, 0.05) is 47.5 Å². The van der Waals surface area contributed by atoms with Crippen LogP contribution >= 0.6 is 0 Å². The predicted octanol–water partition coefficient (Wildman–Crippen LogP) is 6.48. The van der Waals surface area contributed by atoms with Crippen LogP contribution in [0.4, 0.5) is 11.4 Å². The second-order valence-corrected chi connectivity index (χ2v) is 13.0. The molecule has 4 aromatic rings. The highest BCUT2D eigenvalue weighted by Gasteiger charge is 2.60. The van der Waals surface area contributed by atoms with Gasteiger partial charge in [-0.3, -0.25) is 9.59 Å². The smallest absolute Gasteiger partial charge is 0.249 e. The fraction of sp³-hybridized carbons (Fsp3) is 0.429. The molecular formula is C35H42N4O4. The standard InChI is InChI=1S/C35H42N4O4/c1-23-31(27-10-6-7-11-29(27)36-23)32-28(34(32,2)3)21-30(40)39(22-26-9-8-18-43-26)35(4,5)33(41)37-24-12-14-25(15-13-24)38-16-19-42-20-17-38/h6-15,18,28,32,36H,16-17,19-22H2,1-5H3,(H,37,41)/t28-,32-/m0/s1. The van der Waals surface area contributed by atoms with Gasteiger partial charge < -0.3 is 29.3 Å². The summed E-state index contributed by atoms with van der Waals surface area (Å²) in [7, 11) is 0. The zero-order valence-electron chi connectivity index (χ0n) is 25.8. The number of benzene rings is 2. The lowest BCUT2D eigenvalue weighted by Crippen LogP contribution is -2.54. The van der Waals surface area contributed by atoms with Gasteiger partial charge in [0.15, 0.2) is 0 Å². The van der Waals surface area contributed by atoms with Crippen LogP contribution in [0.25, 0.3) is 10.9 Å². The molecule has 2 N–H and O–H groups in total. The van der Waals surface area contributed by atoms with Crippen molar-refractivity contribution in [1.82, 2.24) is 9.88 Å². The van der Waals surface area contributed by atoms with E-state index < -0.39 is 5.54 Å². The monoisotopic (exact) mass is 582 g/mol. The first-order chi connectivity index (χ1) is 20.6. The number of H-pyrrole nitrogens is 1. The molecule has 3 heterocycles. The van der Waals surface area contributed by atoms with E-state index in [0.29, 0.717) is 31.1 Å². The number of aromatic nitrogens is 1. The van der Waals surface area contributed by atoms with Crippen LogP contribution in [0.15, 0.2) is 71.3 Å². The molecule has 2 fully saturated rings. The van der Waals surface area contributed by atoms with Crippen molar-refractivity contribution in [1.29, 1.82) is 0 Å². The number of carbonyl (C=O) groups is 2. The van der Waals surface area contributed by atoms with E-state index in [4.69, 9.17) is 9.15 Å². The Kier molecular flexibility index (Phi) is 7.59. The summed E-state index contributed by atoms with van der Waals surface area (Å²) in [5.74, 6) is 0.745.